The number of carbonyl (C=O) groups is 1. The average molecular weight is 553 g/mol. The second kappa shape index (κ2) is 12.8. The van der Waals surface area contributed by atoms with Gasteiger partial charge in [-0.2, -0.15) is 0 Å². The molecule has 0 fully saturated rings. The number of rotatable bonds is 12. The fourth-order valence-corrected chi connectivity index (χ4v) is 4.67. The van der Waals surface area contributed by atoms with E-state index in [2.05, 4.69) is 25.5 Å². The number of ether oxygens (including phenoxy) is 3. The Hall–Kier alpha value is -4.52. The second-order valence-corrected chi connectivity index (χ2v) is 9.25. The maximum absolute atomic E-state index is 12.6. The first-order valence-corrected chi connectivity index (χ1v) is 12.9. The van der Waals surface area contributed by atoms with Crippen LogP contribution in [-0.2, 0) is 17.6 Å². The van der Waals surface area contributed by atoms with E-state index >= 15 is 0 Å². The molecule has 13 heteroatoms. The second-order valence-electron chi connectivity index (χ2n) is 8.30. The normalized spacial score (nSPS) is 10.7. The minimum absolute atomic E-state index is 0.107. The van der Waals surface area contributed by atoms with Crippen molar-refractivity contribution in [2.45, 2.75) is 18.0 Å². The fourth-order valence-electron chi connectivity index (χ4n) is 3.87. The van der Waals surface area contributed by atoms with E-state index in [9.17, 15) is 14.4 Å². The summed E-state index contributed by atoms with van der Waals surface area (Å²) in [7, 11) is 4.72. The van der Waals surface area contributed by atoms with Crippen LogP contribution in [0.15, 0.2) is 63.3 Å². The minimum atomic E-state index is -0.607. The van der Waals surface area contributed by atoms with Gasteiger partial charge < -0.3 is 24.5 Å². The summed E-state index contributed by atoms with van der Waals surface area (Å²) in [6.45, 7) is 0.443. The largest absolute Gasteiger partial charge is 0.497 e. The molecule has 0 aliphatic rings. The fraction of sp³-hybridized carbons (Fsp3) is 0.269. The van der Waals surface area contributed by atoms with Crippen LogP contribution in [0.25, 0.3) is 5.69 Å². The van der Waals surface area contributed by atoms with E-state index in [0.717, 1.165) is 5.56 Å². The van der Waals surface area contributed by atoms with Crippen molar-refractivity contribution in [2.75, 3.05) is 33.6 Å². The molecule has 4 rings (SSSR count). The van der Waals surface area contributed by atoms with E-state index in [-0.39, 0.29) is 18.1 Å². The molecule has 0 aliphatic carbocycles. The molecule has 2 aromatic carbocycles. The number of carbonyl (C=O) groups excluding carboxylic acids is 1. The Labute approximate surface area is 227 Å². The van der Waals surface area contributed by atoms with Crippen molar-refractivity contribution in [1.29, 1.82) is 0 Å². The molecule has 0 atom stereocenters. The van der Waals surface area contributed by atoms with Crippen molar-refractivity contribution in [1.82, 2.24) is 30.0 Å². The predicted octanol–water partition coefficient (Wildman–Crippen LogP) is 1.71. The third-order valence-corrected chi connectivity index (χ3v) is 6.62. The highest BCUT2D eigenvalue weighted by Crippen LogP contribution is 2.28. The average Bonchev–Trinajstić information content (AvgIpc) is 3.33. The number of aromatic nitrogens is 5. The number of hydrogen-bond acceptors (Lipinski definition) is 9. The van der Waals surface area contributed by atoms with Crippen LogP contribution in [0.3, 0.4) is 0 Å². The van der Waals surface area contributed by atoms with Gasteiger partial charge in [-0.1, -0.05) is 23.9 Å². The molecule has 0 spiro atoms. The molecular formula is C26H28N6O6S. The minimum Gasteiger partial charge on any atom is -0.497 e. The Morgan fingerprint density at radius 1 is 0.974 bits per heavy atom. The van der Waals surface area contributed by atoms with Crippen LogP contribution in [0.4, 0.5) is 0 Å². The summed E-state index contributed by atoms with van der Waals surface area (Å²) in [4.78, 5) is 40.9. The Morgan fingerprint density at radius 2 is 1.79 bits per heavy atom. The van der Waals surface area contributed by atoms with Crippen molar-refractivity contribution < 1.29 is 19.0 Å². The molecule has 12 nitrogen and oxygen atoms in total. The van der Waals surface area contributed by atoms with E-state index in [4.69, 9.17) is 14.2 Å². The first kappa shape index (κ1) is 27.5. The van der Waals surface area contributed by atoms with Gasteiger partial charge in [-0.3, -0.25) is 19.1 Å². The van der Waals surface area contributed by atoms with Gasteiger partial charge in [0.2, 0.25) is 5.91 Å². The molecule has 0 bridgehead atoms. The van der Waals surface area contributed by atoms with Gasteiger partial charge in [0.05, 0.1) is 32.8 Å². The monoisotopic (exact) mass is 552 g/mol. The molecule has 2 heterocycles. The first-order valence-electron chi connectivity index (χ1n) is 11.9. The molecule has 204 valence electrons. The summed E-state index contributed by atoms with van der Waals surface area (Å²) < 4.78 is 17.7. The van der Waals surface area contributed by atoms with Gasteiger partial charge in [-0.25, -0.2) is 4.79 Å². The lowest BCUT2D eigenvalue weighted by atomic mass is 10.1. The summed E-state index contributed by atoms with van der Waals surface area (Å²) in [6, 6.07) is 14.2. The van der Waals surface area contributed by atoms with Gasteiger partial charge in [-0.05, 0) is 36.2 Å². The lowest BCUT2D eigenvalue weighted by Crippen LogP contribution is -2.27. The van der Waals surface area contributed by atoms with Gasteiger partial charge in [0, 0.05) is 30.8 Å². The van der Waals surface area contributed by atoms with Gasteiger partial charge >= 0.3 is 5.69 Å². The molecule has 0 aliphatic heterocycles. The van der Waals surface area contributed by atoms with Crippen LogP contribution < -0.4 is 30.8 Å². The highest BCUT2D eigenvalue weighted by molar-refractivity contribution is 7.99. The summed E-state index contributed by atoms with van der Waals surface area (Å²) in [5.74, 6) is 2.32. The summed E-state index contributed by atoms with van der Waals surface area (Å²) in [5, 5.41) is 11.9. The van der Waals surface area contributed by atoms with Crippen LogP contribution >= 0.6 is 11.8 Å². The van der Waals surface area contributed by atoms with Gasteiger partial charge in [-0.15, -0.1) is 10.2 Å². The molecular weight excluding hydrogens is 524 g/mol. The van der Waals surface area contributed by atoms with Crippen LogP contribution in [0.1, 0.15) is 17.1 Å². The number of nitrogens with zero attached hydrogens (tertiary/aromatic N) is 3. The standard InChI is InChI=1S/C26H28N6O6S/c1-36-19-6-4-5-18(14-19)32-22(12-17-13-23(33)29-25(35)28-17)30-31-26(32)39-15-24(34)27-10-9-16-7-8-20(37-2)21(11-16)38-3/h4-8,11,13-14H,9-10,12,15H2,1-3H3,(H,27,34)(H2,28,29,33,35). The third kappa shape index (κ3) is 7.08. The molecule has 3 N–H and O–H groups in total. The Balaban J connectivity index is 1.46. The van der Waals surface area contributed by atoms with Crippen molar-refractivity contribution in [3.63, 3.8) is 0 Å². The number of benzene rings is 2. The highest BCUT2D eigenvalue weighted by Gasteiger charge is 2.17. The number of amides is 1. The van der Waals surface area contributed by atoms with Gasteiger partial charge in [0.25, 0.3) is 5.56 Å². The maximum atomic E-state index is 12.6. The summed E-state index contributed by atoms with van der Waals surface area (Å²) in [5.41, 5.74) is 0.966. The topological polar surface area (TPSA) is 153 Å². The quantitative estimate of drug-likeness (QED) is 0.223. The molecule has 4 aromatic rings. The zero-order chi connectivity index (χ0) is 27.8. The number of H-pyrrole nitrogens is 2. The summed E-state index contributed by atoms with van der Waals surface area (Å²) >= 11 is 1.22. The maximum Gasteiger partial charge on any atom is 0.325 e. The SMILES string of the molecule is COc1cccc(-n2c(Cc3cc(=O)[nH]c(=O)[nH]3)nnc2SCC(=O)NCCc2ccc(OC)c(OC)c2)c1. The molecule has 0 radical (unpaired) electrons. The molecule has 0 saturated heterocycles. The molecule has 1 amide bonds. The first-order chi connectivity index (χ1) is 18.9. The van der Waals surface area contributed by atoms with Crippen molar-refractivity contribution in [2.24, 2.45) is 0 Å². The van der Waals surface area contributed by atoms with E-state index in [0.29, 0.717) is 52.6 Å². The van der Waals surface area contributed by atoms with Crippen molar-refractivity contribution in [3.05, 3.63) is 86.5 Å². The Kier molecular flexibility index (Phi) is 9.05. The number of thioether (sulfide) groups is 1. The van der Waals surface area contributed by atoms with Crippen molar-refractivity contribution >= 4 is 17.7 Å². The number of hydrogen-bond donors (Lipinski definition) is 3. The van der Waals surface area contributed by atoms with Crippen LogP contribution in [-0.4, -0.2) is 64.3 Å². The Bertz CT molecular complexity index is 1530. The predicted molar refractivity (Wildman–Crippen MR) is 145 cm³/mol. The lowest BCUT2D eigenvalue weighted by Gasteiger charge is -2.12. The number of aromatic amines is 2. The molecule has 0 unspecified atom stereocenters. The molecule has 2 aromatic heterocycles. The van der Waals surface area contributed by atoms with E-state index in [1.165, 1.54) is 17.8 Å². The third-order valence-electron chi connectivity index (χ3n) is 5.69. The van der Waals surface area contributed by atoms with Crippen LogP contribution in [0.2, 0.25) is 0 Å². The van der Waals surface area contributed by atoms with E-state index in [1.54, 1.807) is 38.0 Å². The Morgan fingerprint density at radius 3 is 2.54 bits per heavy atom. The summed E-state index contributed by atoms with van der Waals surface area (Å²) in [6.07, 6.45) is 0.761. The van der Waals surface area contributed by atoms with E-state index in [1.807, 2.05) is 30.3 Å². The van der Waals surface area contributed by atoms with Crippen molar-refractivity contribution in [3.8, 4) is 22.9 Å². The van der Waals surface area contributed by atoms with Gasteiger partial charge in [0.15, 0.2) is 16.7 Å². The number of nitrogens with one attached hydrogen (secondary N) is 3. The highest BCUT2D eigenvalue weighted by atomic mass is 32.2. The zero-order valence-corrected chi connectivity index (χ0v) is 22.5. The molecule has 39 heavy (non-hydrogen) atoms. The lowest BCUT2D eigenvalue weighted by molar-refractivity contribution is -0.118. The number of methoxy groups -OCH3 is 3. The van der Waals surface area contributed by atoms with E-state index < -0.39 is 11.2 Å². The van der Waals surface area contributed by atoms with Crippen LogP contribution in [0.5, 0.6) is 17.2 Å². The zero-order valence-electron chi connectivity index (χ0n) is 21.6. The smallest absolute Gasteiger partial charge is 0.325 e. The van der Waals surface area contributed by atoms with Crippen LogP contribution in [0, 0.1) is 0 Å². The van der Waals surface area contributed by atoms with Gasteiger partial charge in [0.1, 0.15) is 11.6 Å². The molecule has 0 saturated carbocycles.